The lowest BCUT2D eigenvalue weighted by atomic mass is 10.3. The van der Waals surface area contributed by atoms with Crippen molar-refractivity contribution in [1.29, 1.82) is 0 Å². The van der Waals surface area contributed by atoms with Gasteiger partial charge in [0.1, 0.15) is 12.3 Å². The first-order valence-corrected chi connectivity index (χ1v) is 6.28. The number of nitrogens with one attached hydrogen (secondary N) is 1. The average molecular weight is 284 g/mol. The van der Waals surface area contributed by atoms with Gasteiger partial charge in [0.25, 0.3) is 0 Å². The van der Waals surface area contributed by atoms with Crippen LogP contribution in [0.5, 0.6) is 0 Å². The van der Waals surface area contributed by atoms with Crippen LogP contribution in [0.3, 0.4) is 0 Å². The minimum absolute atomic E-state index is 0.00120. The van der Waals surface area contributed by atoms with Gasteiger partial charge in [-0.1, -0.05) is 0 Å². The van der Waals surface area contributed by atoms with E-state index in [0.29, 0.717) is 18.1 Å². The van der Waals surface area contributed by atoms with Gasteiger partial charge in [0, 0.05) is 18.0 Å². The van der Waals surface area contributed by atoms with Crippen molar-refractivity contribution in [2.45, 2.75) is 13.1 Å². The van der Waals surface area contributed by atoms with Gasteiger partial charge in [-0.25, -0.2) is 0 Å². The maximum atomic E-state index is 11.8. The lowest BCUT2D eigenvalue weighted by molar-refractivity contribution is -0.122. The van der Waals surface area contributed by atoms with E-state index < -0.39 is 0 Å². The van der Waals surface area contributed by atoms with Crippen LogP contribution in [-0.2, 0) is 17.9 Å². The summed E-state index contributed by atoms with van der Waals surface area (Å²) in [5.74, 6) is 0.925. The molecule has 0 unspecified atom stereocenters. The van der Waals surface area contributed by atoms with E-state index in [9.17, 15) is 4.79 Å². The fourth-order valence-electron chi connectivity index (χ4n) is 1.71. The molecule has 3 heterocycles. The van der Waals surface area contributed by atoms with E-state index in [4.69, 9.17) is 4.42 Å². The van der Waals surface area contributed by atoms with Crippen LogP contribution < -0.4 is 5.32 Å². The van der Waals surface area contributed by atoms with E-state index in [2.05, 4.69) is 25.7 Å². The minimum atomic E-state index is -0.218. The molecule has 0 aliphatic rings. The first kappa shape index (κ1) is 13.0. The van der Waals surface area contributed by atoms with Crippen LogP contribution in [0.25, 0.3) is 11.4 Å². The van der Waals surface area contributed by atoms with E-state index in [1.807, 2.05) is 0 Å². The molecule has 0 saturated carbocycles. The van der Waals surface area contributed by atoms with E-state index in [-0.39, 0.29) is 12.5 Å². The van der Waals surface area contributed by atoms with Gasteiger partial charge < -0.3 is 9.73 Å². The summed E-state index contributed by atoms with van der Waals surface area (Å²) < 4.78 is 5.13. The Labute approximate surface area is 119 Å². The number of pyridine rings is 1. The number of furan rings is 1. The smallest absolute Gasteiger partial charge is 0.244 e. The minimum Gasteiger partial charge on any atom is -0.467 e. The maximum Gasteiger partial charge on any atom is 0.244 e. The predicted molar refractivity (Wildman–Crippen MR) is 71.6 cm³/mol. The van der Waals surface area contributed by atoms with Crippen molar-refractivity contribution in [3.05, 3.63) is 48.7 Å². The highest BCUT2D eigenvalue weighted by molar-refractivity contribution is 5.75. The third-order valence-electron chi connectivity index (χ3n) is 2.72. The number of rotatable bonds is 5. The second-order valence-corrected chi connectivity index (χ2v) is 4.24. The second-order valence-electron chi connectivity index (χ2n) is 4.24. The monoisotopic (exact) mass is 284 g/mol. The standard InChI is InChI=1S/C13H12N6O2/c20-12(15-8-11-2-1-7-21-11)9-19-17-13(16-18-19)10-3-5-14-6-4-10/h1-7H,8-9H2,(H,15,20). The summed E-state index contributed by atoms with van der Waals surface area (Å²) in [4.78, 5) is 16.9. The zero-order valence-corrected chi connectivity index (χ0v) is 11.0. The number of tetrazole rings is 1. The molecule has 3 rings (SSSR count). The molecular formula is C13H12N6O2. The molecule has 0 radical (unpaired) electrons. The van der Waals surface area contributed by atoms with Crippen molar-refractivity contribution in [3.8, 4) is 11.4 Å². The summed E-state index contributed by atoms with van der Waals surface area (Å²) >= 11 is 0. The summed E-state index contributed by atoms with van der Waals surface area (Å²) in [6.07, 6.45) is 4.85. The van der Waals surface area contributed by atoms with Crippen LogP contribution in [0, 0.1) is 0 Å². The molecule has 0 saturated heterocycles. The number of carbonyl (C=O) groups is 1. The van der Waals surface area contributed by atoms with Gasteiger partial charge in [0.15, 0.2) is 0 Å². The zero-order valence-electron chi connectivity index (χ0n) is 11.0. The number of nitrogens with zero attached hydrogens (tertiary/aromatic N) is 5. The van der Waals surface area contributed by atoms with Gasteiger partial charge >= 0.3 is 0 Å². The predicted octanol–water partition coefficient (Wildman–Crippen LogP) is 0.644. The number of hydrogen-bond donors (Lipinski definition) is 1. The molecule has 0 aliphatic carbocycles. The summed E-state index contributed by atoms with van der Waals surface area (Å²) in [5, 5.41) is 14.6. The molecule has 0 bridgehead atoms. The molecule has 0 fully saturated rings. The van der Waals surface area contributed by atoms with E-state index in [1.165, 1.54) is 4.80 Å². The van der Waals surface area contributed by atoms with E-state index in [0.717, 1.165) is 5.56 Å². The number of carbonyl (C=O) groups excluding carboxylic acids is 1. The molecule has 1 N–H and O–H groups in total. The highest BCUT2D eigenvalue weighted by Gasteiger charge is 2.09. The molecule has 0 aromatic carbocycles. The van der Waals surface area contributed by atoms with Crippen LogP contribution in [0.4, 0.5) is 0 Å². The quantitative estimate of drug-likeness (QED) is 0.738. The van der Waals surface area contributed by atoms with Gasteiger partial charge in [-0.15, -0.1) is 10.2 Å². The molecule has 3 aromatic rings. The topological polar surface area (TPSA) is 98.7 Å². The Kier molecular flexibility index (Phi) is 3.68. The Morgan fingerprint density at radius 1 is 1.29 bits per heavy atom. The number of amides is 1. The first-order chi connectivity index (χ1) is 10.3. The van der Waals surface area contributed by atoms with Crippen LogP contribution in [0.15, 0.2) is 47.3 Å². The van der Waals surface area contributed by atoms with Crippen LogP contribution in [-0.4, -0.2) is 31.1 Å². The Hall–Kier alpha value is -3.03. The van der Waals surface area contributed by atoms with Gasteiger partial charge in [0.05, 0.1) is 12.8 Å². The van der Waals surface area contributed by atoms with Crippen molar-refractivity contribution in [2.24, 2.45) is 0 Å². The fourth-order valence-corrected chi connectivity index (χ4v) is 1.71. The highest BCUT2D eigenvalue weighted by atomic mass is 16.3. The Morgan fingerprint density at radius 3 is 2.90 bits per heavy atom. The van der Waals surface area contributed by atoms with Crippen LogP contribution in [0.2, 0.25) is 0 Å². The fraction of sp³-hybridized carbons (Fsp3) is 0.154. The van der Waals surface area contributed by atoms with Gasteiger partial charge in [-0.3, -0.25) is 9.78 Å². The third-order valence-corrected chi connectivity index (χ3v) is 2.72. The molecule has 1 amide bonds. The summed E-state index contributed by atoms with van der Waals surface area (Å²) in [5.41, 5.74) is 0.798. The largest absolute Gasteiger partial charge is 0.467 e. The molecule has 0 atom stereocenters. The Balaban J connectivity index is 1.58. The molecule has 3 aromatic heterocycles. The average Bonchev–Trinajstić information content (AvgIpc) is 3.17. The van der Waals surface area contributed by atoms with Crippen LogP contribution in [0.1, 0.15) is 5.76 Å². The summed E-state index contributed by atoms with van der Waals surface area (Å²) in [6.45, 7) is 0.330. The van der Waals surface area contributed by atoms with Crippen molar-refractivity contribution in [1.82, 2.24) is 30.5 Å². The van der Waals surface area contributed by atoms with Crippen molar-refractivity contribution in [3.63, 3.8) is 0 Å². The van der Waals surface area contributed by atoms with Crippen molar-refractivity contribution in [2.75, 3.05) is 0 Å². The molecule has 106 valence electrons. The van der Waals surface area contributed by atoms with Gasteiger partial charge in [-0.05, 0) is 29.5 Å². The van der Waals surface area contributed by atoms with Gasteiger partial charge in [-0.2, -0.15) is 4.80 Å². The molecule has 8 heteroatoms. The lowest BCUT2D eigenvalue weighted by Crippen LogP contribution is -2.27. The Morgan fingerprint density at radius 2 is 2.14 bits per heavy atom. The molecule has 0 spiro atoms. The Bertz CT molecular complexity index is 707. The number of hydrogen-bond acceptors (Lipinski definition) is 6. The summed E-state index contributed by atoms with van der Waals surface area (Å²) in [7, 11) is 0. The third kappa shape index (κ3) is 3.30. The van der Waals surface area contributed by atoms with E-state index >= 15 is 0 Å². The lowest BCUT2D eigenvalue weighted by Gasteiger charge is -2.01. The normalized spacial score (nSPS) is 10.5. The summed E-state index contributed by atoms with van der Waals surface area (Å²) in [6, 6.07) is 7.10. The SMILES string of the molecule is O=C(Cn1nnc(-c2ccncc2)n1)NCc1ccco1. The zero-order chi connectivity index (χ0) is 14.5. The van der Waals surface area contributed by atoms with Crippen molar-refractivity contribution < 1.29 is 9.21 Å². The highest BCUT2D eigenvalue weighted by Crippen LogP contribution is 2.10. The van der Waals surface area contributed by atoms with Gasteiger partial charge in [0.2, 0.25) is 11.7 Å². The molecule has 21 heavy (non-hydrogen) atoms. The first-order valence-electron chi connectivity index (χ1n) is 6.28. The second kappa shape index (κ2) is 5.95. The molecule has 8 nitrogen and oxygen atoms in total. The molecule has 0 aliphatic heterocycles. The van der Waals surface area contributed by atoms with E-state index in [1.54, 1.807) is 42.9 Å². The van der Waals surface area contributed by atoms with Crippen molar-refractivity contribution >= 4 is 5.91 Å². The molecular weight excluding hydrogens is 272 g/mol. The number of aromatic nitrogens is 5. The maximum absolute atomic E-state index is 11.8. The van der Waals surface area contributed by atoms with Crippen LogP contribution >= 0.6 is 0 Å².